The molecule has 0 atom stereocenters. The number of nitrogens with zero attached hydrogens (tertiary/aromatic N) is 6. The first kappa shape index (κ1) is 35.4. The molecule has 262 valence electrons. The highest BCUT2D eigenvalue weighted by atomic mass is 33.1. The number of carbonyl (C=O) groups is 4. The SMILES string of the molecule is O=C1c2ccccc2C(=O)N1CCOC(=Nc1cccc([N+](=O)[O-])c1)SSC(=Nc1cccc([N+](=O)[O-])c1)OCCN1C(=O)c2ccccc2C1=O. The fourth-order valence-corrected chi connectivity index (χ4v) is 6.75. The molecule has 0 saturated heterocycles. The summed E-state index contributed by atoms with van der Waals surface area (Å²) in [6, 6.07) is 23.7. The van der Waals surface area contributed by atoms with Crippen LogP contribution < -0.4 is 0 Å². The first-order valence-electron chi connectivity index (χ1n) is 15.3. The van der Waals surface area contributed by atoms with Crippen molar-refractivity contribution in [2.24, 2.45) is 9.98 Å². The highest BCUT2D eigenvalue weighted by molar-refractivity contribution is 8.87. The van der Waals surface area contributed by atoms with E-state index in [-0.39, 0.29) is 81.8 Å². The van der Waals surface area contributed by atoms with Gasteiger partial charge in [-0.05, 0) is 36.4 Å². The molecule has 0 fully saturated rings. The number of nitro benzene ring substituents is 2. The van der Waals surface area contributed by atoms with Crippen molar-refractivity contribution in [2.45, 2.75) is 0 Å². The number of hydrogen-bond acceptors (Lipinski definition) is 14. The van der Waals surface area contributed by atoms with Gasteiger partial charge in [0.2, 0.25) is 0 Å². The molecule has 0 unspecified atom stereocenters. The number of aliphatic imine (C=N–C) groups is 2. The number of carbonyl (C=O) groups excluding carboxylic acids is 4. The number of imide groups is 2. The number of ether oxygens (including phenoxy) is 2. The van der Waals surface area contributed by atoms with Crippen LogP contribution in [0.2, 0.25) is 0 Å². The van der Waals surface area contributed by atoms with E-state index in [0.29, 0.717) is 0 Å². The summed E-state index contributed by atoms with van der Waals surface area (Å²) in [7, 11) is 1.73. The third-order valence-corrected chi connectivity index (χ3v) is 9.44. The average molecular weight is 741 g/mol. The Kier molecular flexibility index (Phi) is 10.7. The molecule has 2 aliphatic rings. The lowest BCUT2D eigenvalue weighted by molar-refractivity contribution is -0.385. The second kappa shape index (κ2) is 15.7. The maximum absolute atomic E-state index is 12.9. The summed E-state index contributed by atoms with van der Waals surface area (Å²) in [5, 5.41) is 22.6. The van der Waals surface area contributed by atoms with Gasteiger partial charge in [-0.25, -0.2) is 9.98 Å². The van der Waals surface area contributed by atoms with Crippen LogP contribution in [0.4, 0.5) is 22.7 Å². The zero-order valence-corrected chi connectivity index (χ0v) is 28.3. The van der Waals surface area contributed by atoms with E-state index in [0.717, 1.165) is 31.4 Å². The molecule has 0 saturated carbocycles. The van der Waals surface area contributed by atoms with Gasteiger partial charge in [0.15, 0.2) is 0 Å². The number of rotatable bonds is 10. The van der Waals surface area contributed by atoms with Crippen molar-refractivity contribution in [3.05, 3.63) is 140 Å². The Hall–Kier alpha value is -6.40. The summed E-state index contributed by atoms with van der Waals surface area (Å²) in [6.07, 6.45) is 0. The standard InChI is InChI=1S/C34H24N6O10S2/c41-29-25-11-1-2-12-26(25)30(42)37(29)15-17-49-33(35-21-7-5-9-23(19-21)39(45)46)51-52-34(36-22-8-6-10-24(20-22)40(47)48)50-18-16-38-31(43)27-13-3-4-14-28(27)32(38)44/h1-14,19-20H,15-18H2. The maximum Gasteiger partial charge on any atom is 0.271 e. The Labute approximate surface area is 301 Å². The highest BCUT2D eigenvalue weighted by Crippen LogP contribution is 2.32. The minimum absolute atomic E-state index is 0.0715. The predicted octanol–water partition coefficient (Wildman–Crippen LogP) is 6.19. The van der Waals surface area contributed by atoms with E-state index in [1.54, 1.807) is 48.5 Å². The summed E-state index contributed by atoms with van der Waals surface area (Å²) in [5.41, 5.74) is 0.920. The minimum Gasteiger partial charge on any atom is -0.470 e. The zero-order chi connectivity index (χ0) is 36.8. The number of fused-ring (bicyclic) bond motifs is 2. The Morgan fingerprint density at radius 2 is 0.904 bits per heavy atom. The molecule has 4 aromatic carbocycles. The van der Waals surface area contributed by atoms with Gasteiger partial charge in [0, 0.05) is 45.9 Å². The molecular formula is C34H24N6O10S2. The molecule has 2 heterocycles. The lowest BCUT2D eigenvalue weighted by atomic mass is 10.1. The van der Waals surface area contributed by atoms with Crippen LogP contribution in [0.1, 0.15) is 41.4 Å². The molecule has 2 aliphatic heterocycles. The largest absolute Gasteiger partial charge is 0.470 e. The maximum atomic E-state index is 12.9. The molecule has 4 amide bonds. The molecule has 0 aromatic heterocycles. The zero-order valence-electron chi connectivity index (χ0n) is 26.6. The van der Waals surface area contributed by atoms with Crippen LogP contribution >= 0.6 is 21.6 Å². The lowest BCUT2D eigenvalue weighted by Crippen LogP contribution is -2.33. The fraction of sp³-hybridized carbons (Fsp3) is 0.118. The van der Waals surface area contributed by atoms with Gasteiger partial charge in [0.05, 0.1) is 56.6 Å². The highest BCUT2D eigenvalue weighted by Gasteiger charge is 2.36. The van der Waals surface area contributed by atoms with Gasteiger partial charge in [-0.2, -0.15) is 0 Å². The van der Waals surface area contributed by atoms with Gasteiger partial charge in [-0.15, -0.1) is 0 Å². The number of hydrogen-bond donors (Lipinski definition) is 0. The molecule has 0 radical (unpaired) electrons. The molecule has 18 heteroatoms. The van der Waals surface area contributed by atoms with Crippen molar-refractivity contribution in [2.75, 3.05) is 26.3 Å². The van der Waals surface area contributed by atoms with E-state index in [1.165, 1.54) is 48.5 Å². The Morgan fingerprint density at radius 1 is 0.558 bits per heavy atom. The van der Waals surface area contributed by atoms with Crippen LogP contribution in [0, 0.1) is 20.2 Å². The third-order valence-electron chi connectivity index (χ3n) is 7.54. The topological polar surface area (TPSA) is 204 Å². The summed E-state index contributed by atoms with van der Waals surface area (Å²) in [4.78, 5) is 83.9. The minimum atomic E-state index is -0.588. The second-order valence-corrected chi connectivity index (χ2v) is 12.8. The van der Waals surface area contributed by atoms with E-state index >= 15 is 0 Å². The molecule has 16 nitrogen and oxygen atoms in total. The quantitative estimate of drug-likeness (QED) is 0.0446. The third kappa shape index (κ3) is 7.82. The van der Waals surface area contributed by atoms with Crippen molar-refractivity contribution in [1.29, 1.82) is 0 Å². The first-order chi connectivity index (χ1) is 25.1. The smallest absolute Gasteiger partial charge is 0.271 e. The van der Waals surface area contributed by atoms with Gasteiger partial charge >= 0.3 is 0 Å². The van der Waals surface area contributed by atoms with Crippen LogP contribution in [0.15, 0.2) is 107 Å². The van der Waals surface area contributed by atoms with Crippen molar-refractivity contribution >= 4 is 78.4 Å². The molecule has 6 rings (SSSR count). The molecule has 0 spiro atoms. The Bertz CT molecular complexity index is 1970. The van der Waals surface area contributed by atoms with Gasteiger partial charge in [0.1, 0.15) is 13.2 Å². The van der Waals surface area contributed by atoms with E-state index < -0.39 is 33.5 Å². The van der Waals surface area contributed by atoms with E-state index in [9.17, 15) is 39.4 Å². The van der Waals surface area contributed by atoms with Crippen LogP contribution in [0.5, 0.6) is 0 Å². The average Bonchev–Trinajstić information content (AvgIpc) is 3.54. The summed E-state index contributed by atoms with van der Waals surface area (Å²) >= 11 is 0. The normalized spacial score (nSPS) is 14.1. The molecule has 0 bridgehead atoms. The molecule has 0 N–H and O–H groups in total. The van der Waals surface area contributed by atoms with Gasteiger partial charge in [-0.1, -0.05) is 36.4 Å². The molecular weight excluding hydrogens is 717 g/mol. The van der Waals surface area contributed by atoms with Crippen LogP contribution in [0.25, 0.3) is 0 Å². The Morgan fingerprint density at radius 3 is 1.23 bits per heavy atom. The second-order valence-electron chi connectivity index (χ2n) is 10.8. The summed E-state index contributed by atoms with van der Waals surface area (Å²) < 4.78 is 11.8. The van der Waals surface area contributed by atoms with Crippen molar-refractivity contribution < 1.29 is 38.5 Å². The van der Waals surface area contributed by atoms with E-state index in [4.69, 9.17) is 9.47 Å². The molecule has 4 aromatic rings. The summed E-state index contributed by atoms with van der Waals surface area (Å²) in [5.74, 6) is -1.94. The van der Waals surface area contributed by atoms with Crippen molar-refractivity contribution in [3.8, 4) is 0 Å². The Balaban J connectivity index is 1.21. The van der Waals surface area contributed by atoms with Gasteiger partial charge in [-0.3, -0.25) is 49.2 Å². The van der Waals surface area contributed by atoms with Gasteiger partial charge < -0.3 is 9.47 Å². The predicted molar refractivity (Wildman–Crippen MR) is 191 cm³/mol. The van der Waals surface area contributed by atoms with Gasteiger partial charge in [0.25, 0.3) is 45.5 Å². The van der Waals surface area contributed by atoms with Crippen LogP contribution in [-0.2, 0) is 9.47 Å². The first-order valence-corrected chi connectivity index (χ1v) is 17.4. The van der Waals surface area contributed by atoms with E-state index in [1.807, 2.05) is 0 Å². The van der Waals surface area contributed by atoms with Crippen molar-refractivity contribution in [1.82, 2.24) is 9.80 Å². The molecule has 0 aliphatic carbocycles. The monoisotopic (exact) mass is 740 g/mol. The van der Waals surface area contributed by atoms with E-state index in [2.05, 4.69) is 9.98 Å². The van der Waals surface area contributed by atoms with Crippen LogP contribution in [-0.4, -0.2) is 80.0 Å². The number of amides is 4. The summed E-state index contributed by atoms with van der Waals surface area (Å²) in [6.45, 7) is -0.691. The lowest BCUT2D eigenvalue weighted by Gasteiger charge is -2.16. The van der Waals surface area contributed by atoms with Crippen molar-refractivity contribution in [3.63, 3.8) is 0 Å². The molecule has 52 heavy (non-hydrogen) atoms. The van der Waals surface area contributed by atoms with Crippen LogP contribution in [0.3, 0.4) is 0 Å². The fourth-order valence-electron chi connectivity index (χ4n) is 5.12. The number of nitro groups is 2. The number of non-ortho nitro benzene ring substituents is 2. The number of benzene rings is 4.